The third kappa shape index (κ3) is 4.31. The van der Waals surface area contributed by atoms with E-state index in [2.05, 4.69) is 0 Å². The Hall–Kier alpha value is -3.93. The van der Waals surface area contributed by atoms with Crippen molar-refractivity contribution in [3.8, 4) is 28.2 Å². The lowest BCUT2D eigenvalue weighted by Gasteiger charge is -2.13. The van der Waals surface area contributed by atoms with Crippen LogP contribution in [0, 0.1) is 12.7 Å². The van der Waals surface area contributed by atoms with Crippen molar-refractivity contribution < 1.29 is 28.2 Å². The Morgan fingerprint density at radius 2 is 1.71 bits per heavy atom. The quantitative estimate of drug-likeness (QED) is 0.279. The third-order valence-electron chi connectivity index (χ3n) is 5.74. The molecule has 0 radical (unpaired) electrons. The molecule has 0 bridgehead atoms. The van der Waals surface area contributed by atoms with E-state index in [9.17, 15) is 19.1 Å². The van der Waals surface area contributed by atoms with Gasteiger partial charge in [-0.05, 0) is 60.9 Å². The number of Topliss-reactive ketones (excluding diaryl/α,β-unsaturated/α-hetero) is 1. The molecule has 1 heterocycles. The van der Waals surface area contributed by atoms with Crippen LogP contribution in [0.1, 0.15) is 53.0 Å². The predicted molar refractivity (Wildman–Crippen MR) is 129 cm³/mol. The molecule has 0 saturated heterocycles. The molecule has 0 amide bonds. The number of aryl methyl sites for hydroxylation is 1. The van der Waals surface area contributed by atoms with Gasteiger partial charge >= 0.3 is 5.97 Å². The zero-order valence-electron chi connectivity index (χ0n) is 19.3. The average Bonchev–Trinajstić information content (AvgIpc) is 3.20. The van der Waals surface area contributed by atoms with E-state index in [1.807, 2.05) is 19.1 Å². The highest BCUT2D eigenvalue weighted by Crippen LogP contribution is 2.41. The number of halogens is 1. The van der Waals surface area contributed by atoms with Gasteiger partial charge in [-0.1, -0.05) is 26.0 Å². The molecule has 0 aliphatic carbocycles. The smallest absolute Gasteiger partial charge is 0.335 e. The van der Waals surface area contributed by atoms with Gasteiger partial charge in [0.05, 0.1) is 17.7 Å². The van der Waals surface area contributed by atoms with Crippen molar-refractivity contribution in [2.24, 2.45) is 0 Å². The van der Waals surface area contributed by atoms with E-state index in [-0.39, 0.29) is 23.6 Å². The summed E-state index contributed by atoms with van der Waals surface area (Å²) in [5, 5.41) is 10.2. The van der Waals surface area contributed by atoms with E-state index in [0.29, 0.717) is 56.9 Å². The van der Waals surface area contributed by atoms with E-state index in [4.69, 9.17) is 9.15 Å². The second-order valence-electron chi connectivity index (χ2n) is 8.12. The first-order valence-electron chi connectivity index (χ1n) is 11.2. The topological polar surface area (TPSA) is 76.7 Å². The standard InChI is InChI=1S/C28H25FO5/c1-4-12-33-24-15-25-22(14-21(24)18-7-6-16(3)20(13-18)28(31)32)26(23(30)5-2)27(34-25)17-8-10-19(29)11-9-17/h6-11,13-15H,4-5,12H2,1-3H3,(H,31,32). The normalized spacial score (nSPS) is 11.1. The van der Waals surface area contributed by atoms with Crippen molar-refractivity contribution in [3.63, 3.8) is 0 Å². The fourth-order valence-electron chi connectivity index (χ4n) is 3.96. The number of hydrogen-bond acceptors (Lipinski definition) is 4. The van der Waals surface area contributed by atoms with Gasteiger partial charge in [-0.15, -0.1) is 0 Å². The lowest BCUT2D eigenvalue weighted by molar-refractivity contribution is 0.0696. The maximum absolute atomic E-state index is 13.5. The maximum Gasteiger partial charge on any atom is 0.335 e. The van der Waals surface area contributed by atoms with Gasteiger partial charge in [0.2, 0.25) is 0 Å². The van der Waals surface area contributed by atoms with Crippen molar-refractivity contribution in [2.75, 3.05) is 6.61 Å². The second-order valence-corrected chi connectivity index (χ2v) is 8.12. The highest BCUT2D eigenvalue weighted by Gasteiger charge is 2.24. The first-order valence-corrected chi connectivity index (χ1v) is 11.2. The Labute approximate surface area is 196 Å². The van der Waals surface area contributed by atoms with Gasteiger partial charge in [-0.3, -0.25) is 4.79 Å². The fourth-order valence-corrected chi connectivity index (χ4v) is 3.96. The van der Waals surface area contributed by atoms with E-state index in [1.165, 1.54) is 12.1 Å². The van der Waals surface area contributed by atoms with E-state index >= 15 is 0 Å². The molecule has 0 spiro atoms. The summed E-state index contributed by atoms with van der Waals surface area (Å²) >= 11 is 0. The molecule has 0 unspecified atom stereocenters. The predicted octanol–water partition coefficient (Wildman–Crippen LogP) is 7.29. The van der Waals surface area contributed by atoms with Gasteiger partial charge in [0.15, 0.2) is 5.78 Å². The molecular weight excluding hydrogens is 435 g/mol. The van der Waals surface area contributed by atoms with E-state index in [1.54, 1.807) is 44.2 Å². The molecule has 5 nitrogen and oxygen atoms in total. The van der Waals surface area contributed by atoms with E-state index < -0.39 is 5.97 Å². The first kappa shape index (κ1) is 23.2. The summed E-state index contributed by atoms with van der Waals surface area (Å²) in [4.78, 5) is 24.7. The summed E-state index contributed by atoms with van der Waals surface area (Å²) in [7, 11) is 0. The highest BCUT2D eigenvalue weighted by molar-refractivity contribution is 6.13. The number of carbonyl (C=O) groups excluding carboxylic acids is 1. The molecule has 0 atom stereocenters. The summed E-state index contributed by atoms with van der Waals surface area (Å²) in [6.45, 7) is 5.97. The minimum absolute atomic E-state index is 0.110. The van der Waals surface area contributed by atoms with Gasteiger partial charge < -0.3 is 14.3 Å². The zero-order valence-corrected chi connectivity index (χ0v) is 19.3. The molecule has 0 aliphatic heterocycles. The van der Waals surface area contributed by atoms with Crippen LogP contribution in [0.15, 0.2) is 59.0 Å². The summed E-state index contributed by atoms with van der Waals surface area (Å²) < 4.78 is 25.6. The minimum atomic E-state index is -1.01. The number of ether oxygens (including phenoxy) is 1. The largest absolute Gasteiger partial charge is 0.493 e. The number of carboxylic acids is 1. The third-order valence-corrected chi connectivity index (χ3v) is 5.74. The first-order chi connectivity index (χ1) is 16.3. The molecule has 6 heteroatoms. The number of carboxylic acid groups (broad SMARTS) is 1. The van der Waals surface area contributed by atoms with Crippen molar-refractivity contribution in [1.82, 2.24) is 0 Å². The van der Waals surface area contributed by atoms with Gasteiger partial charge in [-0.2, -0.15) is 0 Å². The number of ketones is 1. The lowest BCUT2D eigenvalue weighted by Crippen LogP contribution is -2.01. The summed E-state index contributed by atoms with van der Waals surface area (Å²) in [6.07, 6.45) is 1.05. The van der Waals surface area contributed by atoms with Gasteiger partial charge in [0, 0.05) is 29.0 Å². The lowest BCUT2D eigenvalue weighted by atomic mass is 9.95. The highest BCUT2D eigenvalue weighted by atomic mass is 19.1. The van der Waals surface area contributed by atoms with E-state index in [0.717, 1.165) is 6.42 Å². The van der Waals surface area contributed by atoms with Gasteiger partial charge in [-0.25, -0.2) is 9.18 Å². The van der Waals surface area contributed by atoms with Crippen LogP contribution in [0.3, 0.4) is 0 Å². The van der Waals surface area contributed by atoms with Crippen molar-refractivity contribution >= 4 is 22.7 Å². The molecule has 4 aromatic rings. The number of hydrogen-bond donors (Lipinski definition) is 1. The number of rotatable bonds is 8. The Morgan fingerprint density at radius 3 is 2.35 bits per heavy atom. The van der Waals surface area contributed by atoms with Crippen molar-refractivity contribution in [2.45, 2.75) is 33.6 Å². The van der Waals surface area contributed by atoms with Crippen LogP contribution in [-0.4, -0.2) is 23.5 Å². The number of benzene rings is 3. The molecule has 0 saturated carbocycles. The molecule has 4 rings (SSSR count). The van der Waals surface area contributed by atoms with Crippen LogP contribution in [-0.2, 0) is 0 Å². The van der Waals surface area contributed by atoms with Crippen LogP contribution < -0.4 is 4.74 Å². The second kappa shape index (κ2) is 9.51. The maximum atomic E-state index is 13.5. The molecule has 34 heavy (non-hydrogen) atoms. The van der Waals surface area contributed by atoms with Crippen LogP contribution in [0.4, 0.5) is 4.39 Å². The SMILES string of the molecule is CCCOc1cc2oc(-c3ccc(F)cc3)c(C(=O)CC)c2cc1-c1ccc(C)c(C(=O)O)c1. The Kier molecular flexibility index (Phi) is 6.50. The minimum Gasteiger partial charge on any atom is -0.493 e. The number of carbonyl (C=O) groups is 2. The fraction of sp³-hybridized carbons (Fsp3) is 0.214. The number of fused-ring (bicyclic) bond motifs is 1. The molecule has 1 N–H and O–H groups in total. The van der Waals surface area contributed by atoms with Crippen LogP contribution >= 0.6 is 0 Å². The molecule has 1 aromatic heterocycles. The molecular formula is C28H25FO5. The van der Waals surface area contributed by atoms with Crippen LogP contribution in [0.2, 0.25) is 0 Å². The van der Waals surface area contributed by atoms with Crippen LogP contribution in [0.5, 0.6) is 5.75 Å². The van der Waals surface area contributed by atoms with Gasteiger partial charge in [0.25, 0.3) is 0 Å². The average molecular weight is 461 g/mol. The Balaban J connectivity index is 2.00. The Morgan fingerprint density at radius 1 is 1.00 bits per heavy atom. The molecule has 0 aliphatic rings. The molecule has 0 fully saturated rings. The van der Waals surface area contributed by atoms with Gasteiger partial charge in [0.1, 0.15) is 22.9 Å². The molecule has 174 valence electrons. The molecule has 3 aromatic carbocycles. The zero-order chi connectivity index (χ0) is 24.4. The summed E-state index contributed by atoms with van der Waals surface area (Å²) in [5.74, 6) is -0.601. The monoisotopic (exact) mass is 460 g/mol. The number of aromatic carboxylic acids is 1. The van der Waals surface area contributed by atoms with Crippen molar-refractivity contribution in [1.29, 1.82) is 0 Å². The summed E-state index contributed by atoms with van der Waals surface area (Å²) in [6, 6.07) is 14.6. The number of furan rings is 1. The van der Waals surface area contributed by atoms with Crippen molar-refractivity contribution in [3.05, 3.63) is 77.1 Å². The summed E-state index contributed by atoms with van der Waals surface area (Å²) in [5.41, 5.74) is 3.65. The Bertz CT molecular complexity index is 1380. The van der Waals surface area contributed by atoms with Crippen LogP contribution in [0.25, 0.3) is 33.4 Å².